The zero-order valence-electron chi connectivity index (χ0n) is 7.08. The van der Waals surface area contributed by atoms with Gasteiger partial charge in [-0.05, 0) is 6.92 Å². The number of pyridine rings is 1. The number of ether oxygens (including phenoxy) is 1. The van der Waals surface area contributed by atoms with Crippen molar-refractivity contribution < 1.29 is 13.9 Å². The van der Waals surface area contributed by atoms with Gasteiger partial charge in [0.1, 0.15) is 0 Å². The summed E-state index contributed by atoms with van der Waals surface area (Å²) >= 11 is 0. The summed E-state index contributed by atoms with van der Waals surface area (Å²) < 4.78 is 17.5. The molecule has 0 aliphatic heterocycles. The van der Waals surface area contributed by atoms with Crippen molar-refractivity contribution in [3.05, 3.63) is 23.8 Å². The first-order valence-electron chi connectivity index (χ1n) is 3.73. The Labute approximate surface area is 74.5 Å². The molecule has 1 aromatic heterocycles. The third-order valence-electron chi connectivity index (χ3n) is 1.33. The molecule has 0 atom stereocenters. The molecule has 1 rings (SSSR count). The number of anilines is 1. The van der Waals surface area contributed by atoms with Crippen molar-refractivity contribution in [2.75, 3.05) is 12.3 Å². The van der Waals surface area contributed by atoms with Gasteiger partial charge in [0.05, 0.1) is 18.5 Å². The van der Waals surface area contributed by atoms with Crippen molar-refractivity contribution in [2.24, 2.45) is 0 Å². The van der Waals surface area contributed by atoms with Crippen LogP contribution in [0.5, 0.6) is 0 Å². The average Bonchev–Trinajstić information content (AvgIpc) is 2.04. The zero-order valence-corrected chi connectivity index (χ0v) is 7.08. The van der Waals surface area contributed by atoms with E-state index in [1.54, 1.807) is 6.92 Å². The van der Waals surface area contributed by atoms with Gasteiger partial charge < -0.3 is 10.5 Å². The normalized spacial score (nSPS) is 9.69. The predicted octanol–water partition coefficient (Wildman–Crippen LogP) is 0.980. The summed E-state index contributed by atoms with van der Waals surface area (Å²) in [6, 6.07) is 1.03. The molecule has 0 amide bonds. The topological polar surface area (TPSA) is 65.2 Å². The van der Waals surface area contributed by atoms with E-state index in [1.807, 2.05) is 0 Å². The van der Waals surface area contributed by atoms with Crippen LogP contribution in [0.4, 0.5) is 10.1 Å². The van der Waals surface area contributed by atoms with Gasteiger partial charge in [-0.15, -0.1) is 0 Å². The monoisotopic (exact) mass is 184 g/mol. The molecule has 0 saturated carbocycles. The van der Waals surface area contributed by atoms with Gasteiger partial charge >= 0.3 is 5.97 Å². The van der Waals surface area contributed by atoms with Crippen LogP contribution in [0.1, 0.15) is 17.4 Å². The molecule has 0 aliphatic carbocycles. The molecule has 0 bridgehead atoms. The highest BCUT2D eigenvalue weighted by Crippen LogP contribution is 2.09. The molecule has 0 aromatic carbocycles. The summed E-state index contributed by atoms with van der Waals surface area (Å²) in [5.74, 6) is -1.54. The second-order valence-electron chi connectivity index (χ2n) is 2.32. The molecule has 0 spiro atoms. The van der Waals surface area contributed by atoms with E-state index in [0.717, 1.165) is 6.07 Å². The molecule has 2 N–H and O–H groups in total. The lowest BCUT2D eigenvalue weighted by Crippen LogP contribution is -2.10. The number of nitrogens with two attached hydrogens (primary N) is 1. The van der Waals surface area contributed by atoms with E-state index in [9.17, 15) is 9.18 Å². The van der Waals surface area contributed by atoms with Gasteiger partial charge in [-0.2, -0.15) is 0 Å². The Hall–Kier alpha value is -1.65. The smallest absolute Gasteiger partial charge is 0.359 e. The molecule has 0 aliphatic rings. The van der Waals surface area contributed by atoms with Crippen LogP contribution in [0.25, 0.3) is 0 Å². The number of nitrogens with zero attached hydrogens (tertiary/aromatic N) is 1. The first kappa shape index (κ1) is 9.44. The predicted molar refractivity (Wildman–Crippen MR) is 44.6 cm³/mol. The fourth-order valence-corrected chi connectivity index (χ4v) is 0.802. The Kier molecular flexibility index (Phi) is 2.79. The van der Waals surface area contributed by atoms with Crippen LogP contribution < -0.4 is 5.73 Å². The minimum absolute atomic E-state index is 0.172. The molecule has 0 radical (unpaired) electrons. The number of halogens is 1. The van der Waals surface area contributed by atoms with Crippen molar-refractivity contribution in [3.63, 3.8) is 0 Å². The van der Waals surface area contributed by atoms with Crippen molar-refractivity contribution in [1.29, 1.82) is 0 Å². The number of hydrogen-bond donors (Lipinski definition) is 1. The summed E-state index contributed by atoms with van der Waals surface area (Å²) in [6.45, 7) is 1.82. The molecule has 1 heterocycles. The largest absolute Gasteiger partial charge is 0.461 e. The third-order valence-corrected chi connectivity index (χ3v) is 1.33. The fourth-order valence-electron chi connectivity index (χ4n) is 0.802. The van der Waals surface area contributed by atoms with Gasteiger partial charge in [0.2, 0.25) is 0 Å². The van der Waals surface area contributed by atoms with Gasteiger partial charge in [-0.1, -0.05) is 0 Å². The number of aromatic nitrogens is 1. The highest BCUT2D eigenvalue weighted by molar-refractivity contribution is 5.87. The molecule has 0 saturated heterocycles. The first-order valence-corrected chi connectivity index (χ1v) is 3.73. The Balaban J connectivity index is 2.95. The van der Waals surface area contributed by atoms with E-state index in [-0.39, 0.29) is 18.0 Å². The lowest BCUT2D eigenvalue weighted by molar-refractivity contribution is 0.0513. The molecule has 5 heteroatoms. The lowest BCUT2D eigenvalue weighted by Gasteiger charge is -2.01. The quantitative estimate of drug-likeness (QED) is 0.696. The summed E-state index contributed by atoms with van der Waals surface area (Å²) in [4.78, 5) is 14.5. The van der Waals surface area contributed by atoms with E-state index in [1.165, 1.54) is 6.20 Å². The van der Waals surface area contributed by atoms with Crippen LogP contribution >= 0.6 is 0 Å². The number of hydrogen-bond acceptors (Lipinski definition) is 4. The molecular weight excluding hydrogens is 175 g/mol. The van der Waals surface area contributed by atoms with E-state index < -0.39 is 11.8 Å². The van der Waals surface area contributed by atoms with Crippen LogP contribution in [0.15, 0.2) is 12.3 Å². The molecular formula is C8H9FN2O2. The van der Waals surface area contributed by atoms with Crippen molar-refractivity contribution in [2.45, 2.75) is 6.92 Å². The SMILES string of the molecule is CCOC(=O)c1ncc(N)cc1F. The summed E-state index contributed by atoms with van der Waals surface area (Å²) in [5.41, 5.74) is 5.08. The van der Waals surface area contributed by atoms with Crippen molar-refractivity contribution >= 4 is 11.7 Å². The van der Waals surface area contributed by atoms with Gasteiger partial charge in [0.25, 0.3) is 0 Å². The Morgan fingerprint density at radius 1 is 1.77 bits per heavy atom. The highest BCUT2D eigenvalue weighted by Gasteiger charge is 2.14. The molecule has 70 valence electrons. The lowest BCUT2D eigenvalue weighted by atomic mass is 10.3. The highest BCUT2D eigenvalue weighted by atomic mass is 19.1. The minimum atomic E-state index is -0.778. The van der Waals surface area contributed by atoms with E-state index in [2.05, 4.69) is 9.72 Å². The molecule has 0 fully saturated rings. The maximum Gasteiger partial charge on any atom is 0.359 e. The number of carbonyl (C=O) groups excluding carboxylic acids is 1. The second-order valence-corrected chi connectivity index (χ2v) is 2.32. The van der Waals surface area contributed by atoms with E-state index >= 15 is 0 Å². The second kappa shape index (κ2) is 3.84. The van der Waals surface area contributed by atoms with Gasteiger partial charge in [-0.3, -0.25) is 0 Å². The molecule has 13 heavy (non-hydrogen) atoms. The van der Waals surface area contributed by atoms with Crippen LogP contribution in [-0.4, -0.2) is 17.6 Å². The number of carbonyl (C=O) groups is 1. The third kappa shape index (κ3) is 2.14. The molecule has 4 nitrogen and oxygen atoms in total. The van der Waals surface area contributed by atoms with Crippen LogP contribution in [0.3, 0.4) is 0 Å². The first-order chi connectivity index (χ1) is 6.15. The number of nitrogen functional groups attached to an aromatic ring is 1. The van der Waals surface area contributed by atoms with E-state index in [4.69, 9.17) is 5.73 Å². The Morgan fingerprint density at radius 3 is 3.00 bits per heavy atom. The number of esters is 1. The summed E-state index contributed by atoms with van der Waals surface area (Å²) in [5, 5.41) is 0. The fraction of sp³-hybridized carbons (Fsp3) is 0.250. The maximum absolute atomic E-state index is 13.0. The molecule has 0 unspecified atom stereocenters. The van der Waals surface area contributed by atoms with Crippen LogP contribution in [0, 0.1) is 5.82 Å². The Morgan fingerprint density at radius 2 is 2.46 bits per heavy atom. The van der Waals surface area contributed by atoms with E-state index in [0.29, 0.717) is 0 Å². The minimum Gasteiger partial charge on any atom is -0.461 e. The maximum atomic E-state index is 13.0. The number of rotatable bonds is 2. The average molecular weight is 184 g/mol. The standard InChI is InChI=1S/C8H9FN2O2/c1-2-13-8(12)7-6(9)3-5(10)4-11-7/h3-4H,2,10H2,1H3. The van der Waals surface area contributed by atoms with Gasteiger partial charge in [0.15, 0.2) is 11.5 Å². The van der Waals surface area contributed by atoms with Gasteiger partial charge in [0, 0.05) is 6.07 Å². The van der Waals surface area contributed by atoms with Crippen LogP contribution in [-0.2, 0) is 4.74 Å². The molecule has 1 aromatic rings. The zero-order chi connectivity index (χ0) is 9.84. The Bertz CT molecular complexity index is 328. The summed E-state index contributed by atoms with van der Waals surface area (Å²) in [7, 11) is 0. The summed E-state index contributed by atoms with van der Waals surface area (Å²) in [6.07, 6.45) is 1.20. The van der Waals surface area contributed by atoms with Gasteiger partial charge in [-0.25, -0.2) is 14.2 Å². The van der Waals surface area contributed by atoms with Crippen LogP contribution in [0.2, 0.25) is 0 Å². The van der Waals surface area contributed by atoms with Crippen molar-refractivity contribution in [3.8, 4) is 0 Å². The van der Waals surface area contributed by atoms with Crippen molar-refractivity contribution in [1.82, 2.24) is 4.98 Å².